The van der Waals surface area contributed by atoms with Crippen LogP contribution in [0.25, 0.3) is 0 Å². The molecule has 0 fully saturated rings. The van der Waals surface area contributed by atoms with Crippen LogP contribution in [0.4, 0.5) is 16.2 Å². The quantitative estimate of drug-likeness (QED) is 0.572. The Morgan fingerprint density at radius 3 is 2.16 bits per heavy atom. The van der Waals surface area contributed by atoms with E-state index < -0.39 is 11.7 Å². The maximum absolute atomic E-state index is 12.6. The van der Waals surface area contributed by atoms with Crippen LogP contribution in [0.1, 0.15) is 37.6 Å². The second-order valence-corrected chi connectivity index (χ2v) is 7.83. The van der Waals surface area contributed by atoms with Gasteiger partial charge in [-0.1, -0.05) is 6.07 Å². The highest BCUT2D eigenvalue weighted by atomic mass is 16.6. The number of methoxy groups -OCH3 is 2. The van der Waals surface area contributed by atoms with E-state index in [-0.39, 0.29) is 24.8 Å². The second-order valence-electron chi connectivity index (χ2n) is 7.83. The summed E-state index contributed by atoms with van der Waals surface area (Å²) >= 11 is 0. The average molecular weight is 444 g/mol. The number of benzene rings is 2. The van der Waals surface area contributed by atoms with E-state index in [9.17, 15) is 14.4 Å². The minimum Gasteiger partial charge on any atom is -0.493 e. The molecule has 32 heavy (non-hydrogen) atoms. The molecule has 0 aliphatic rings. The summed E-state index contributed by atoms with van der Waals surface area (Å²) in [5, 5.41) is 8.04. The van der Waals surface area contributed by atoms with Gasteiger partial charge in [-0.25, -0.2) is 4.79 Å². The number of hydrogen-bond acceptors (Lipinski definition) is 6. The molecule has 2 aromatic carbocycles. The number of anilines is 2. The Balaban J connectivity index is 1.91. The molecule has 0 aliphatic heterocycles. The van der Waals surface area contributed by atoms with Gasteiger partial charge in [0.2, 0.25) is 5.91 Å². The molecule has 0 atom stereocenters. The molecule has 0 heterocycles. The zero-order valence-corrected chi connectivity index (χ0v) is 18.9. The van der Waals surface area contributed by atoms with Crippen molar-refractivity contribution in [3.05, 3.63) is 48.0 Å². The van der Waals surface area contributed by atoms with Crippen molar-refractivity contribution in [2.75, 3.05) is 31.4 Å². The van der Waals surface area contributed by atoms with Crippen molar-refractivity contribution in [2.24, 2.45) is 0 Å². The van der Waals surface area contributed by atoms with Crippen molar-refractivity contribution in [1.82, 2.24) is 5.32 Å². The first kappa shape index (κ1) is 24.5. The SMILES string of the molecule is COc1ccc(C(=O)Nc2cccc(NC(=O)CCNC(=O)OC(C)(C)C)c2)cc1OC. The fourth-order valence-corrected chi connectivity index (χ4v) is 2.67. The number of nitrogens with one attached hydrogen (secondary N) is 3. The molecule has 2 aromatic rings. The molecule has 0 spiro atoms. The number of carbonyl (C=O) groups is 3. The molecule has 0 bridgehead atoms. The molecular weight excluding hydrogens is 414 g/mol. The van der Waals surface area contributed by atoms with Crippen LogP contribution < -0.4 is 25.4 Å². The molecule has 0 saturated heterocycles. The van der Waals surface area contributed by atoms with Crippen LogP contribution in [0.2, 0.25) is 0 Å². The average Bonchev–Trinajstić information content (AvgIpc) is 2.72. The predicted octanol–water partition coefficient (Wildman–Crippen LogP) is 3.81. The highest BCUT2D eigenvalue weighted by Gasteiger charge is 2.16. The van der Waals surface area contributed by atoms with Gasteiger partial charge >= 0.3 is 6.09 Å². The molecular formula is C23H29N3O6. The number of carbonyl (C=O) groups excluding carboxylic acids is 3. The number of rotatable bonds is 8. The number of amides is 3. The summed E-state index contributed by atoms with van der Waals surface area (Å²) in [6.07, 6.45) is -0.508. The van der Waals surface area contributed by atoms with Gasteiger partial charge in [0.15, 0.2) is 11.5 Å². The van der Waals surface area contributed by atoms with Gasteiger partial charge in [-0.15, -0.1) is 0 Å². The third-order valence-electron chi connectivity index (χ3n) is 4.07. The van der Waals surface area contributed by atoms with Crippen molar-refractivity contribution in [3.8, 4) is 11.5 Å². The third kappa shape index (κ3) is 7.82. The Morgan fingerprint density at radius 1 is 0.875 bits per heavy atom. The summed E-state index contributed by atoms with van der Waals surface area (Å²) in [7, 11) is 3.01. The lowest BCUT2D eigenvalue weighted by atomic mass is 10.1. The minimum absolute atomic E-state index is 0.0709. The van der Waals surface area contributed by atoms with Crippen LogP contribution in [0.15, 0.2) is 42.5 Å². The van der Waals surface area contributed by atoms with E-state index in [0.29, 0.717) is 28.4 Å². The first-order valence-electron chi connectivity index (χ1n) is 10.0. The zero-order chi connectivity index (χ0) is 23.7. The second kappa shape index (κ2) is 11.0. The Bertz CT molecular complexity index is 968. The van der Waals surface area contributed by atoms with Crippen LogP contribution in [-0.2, 0) is 9.53 Å². The Labute approximate surface area is 187 Å². The fraction of sp³-hybridized carbons (Fsp3) is 0.348. The first-order chi connectivity index (χ1) is 15.1. The van der Waals surface area contributed by atoms with Crippen molar-refractivity contribution in [1.29, 1.82) is 0 Å². The van der Waals surface area contributed by atoms with Crippen molar-refractivity contribution in [3.63, 3.8) is 0 Å². The van der Waals surface area contributed by atoms with Gasteiger partial charge in [0.25, 0.3) is 5.91 Å². The number of alkyl carbamates (subject to hydrolysis) is 1. The van der Waals surface area contributed by atoms with Crippen LogP contribution in [0.5, 0.6) is 11.5 Å². The van der Waals surface area contributed by atoms with Crippen molar-refractivity contribution in [2.45, 2.75) is 32.8 Å². The van der Waals surface area contributed by atoms with Crippen LogP contribution in [0.3, 0.4) is 0 Å². The lowest BCUT2D eigenvalue weighted by Gasteiger charge is -2.19. The largest absolute Gasteiger partial charge is 0.493 e. The maximum atomic E-state index is 12.6. The number of hydrogen-bond donors (Lipinski definition) is 3. The first-order valence-corrected chi connectivity index (χ1v) is 10.0. The monoisotopic (exact) mass is 443 g/mol. The van der Waals surface area contributed by atoms with E-state index in [1.54, 1.807) is 63.2 Å². The Morgan fingerprint density at radius 2 is 1.53 bits per heavy atom. The summed E-state index contributed by atoms with van der Waals surface area (Å²) < 4.78 is 15.5. The summed E-state index contributed by atoms with van der Waals surface area (Å²) in [6.45, 7) is 5.42. The standard InChI is InChI=1S/C23H29N3O6/c1-23(2,3)32-22(29)24-12-11-20(27)25-16-7-6-8-17(14-16)26-21(28)15-9-10-18(30-4)19(13-15)31-5/h6-10,13-14H,11-12H2,1-5H3,(H,24,29)(H,25,27)(H,26,28). The molecule has 2 rings (SSSR count). The van der Waals surface area contributed by atoms with E-state index in [2.05, 4.69) is 16.0 Å². The van der Waals surface area contributed by atoms with Crippen LogP contribution in [-0.4, -0.2) is 44.3 Å². The van der Waals surface area contributed by atoms with Gasteiger partial charge in [-0.3, -0.25) is 9.59 Å². The summed E-state index contributed by atoms with van der Waals surface area (Å²) in [5.41, 5.74) is 0.811. The van der Waals surface area contributed by atoms with Gasteiger partial charge < -0.3 is 30.2 Å². The highest BCUT2D eigenvalue weighted by molar-refractivity contribution is 6.05. The van der Waals surface area contributed by atoms with Gasteiger partial charge in [-0.05, 0) is 57.2 Å². The summed E-state index contributed by atoms with van der Waals surface area (Å²) in [6, 6.07) is 11.6. The Hall–Kier alpha value is -3.75. The van der Waals surface area contributed by atoms with E-state index in [1.807, 2.05) is 0 Å². The lowest BCUT2D eigenvalue weighted by molar-refractivity contribution is -0.116. The Kier molecular flexibility index (Phi) is 8.46. The van der Waals surface area contributed by atoms with Gasteiger partial charge in [0.05, 0.1) is 14.2 Å². The van der Waals surface area contributed by atoms with Crippen LogP contribution >= 0.6 is 0 Å². The van der Waals surface area contributed by atoms with E-state index in [1.165, 1.54) is 14.2 Å². The molecule has 0 aromatic heterocycles. The fourth-order valence-electron chi connectivity index (χ4n) is 2.67. The molecule has 0 saturated carbocycles. The normalized spacial score (nSPS) is 10.7. The van der Waals surface area contributed by atoms with Gasteiger partial charge in [-0.2, -0.15) is 0 Å². The van der Waals surface area contributed by atoms with Gasteiger partial charge in [0, 0.05) is 29.9 Å². The molecule has 0 radical (unpaired) electrons. The highest BCUT2D eigenvalue weighted by Crippen LogP contribution is 2.28. The molecule has 0 aliphatic carbocycles. The summed E-state index contributed by atoms with van der Waals surface area (Å²) in [5.74, 6) is 0.344. The molecule has 172 valence electrons. The maximum Gasteiger partial charge on any atom is 0.407 e. The third-order valence-corrected chi connectivity index (χ3v) is 4.07. The smallest absolute Gasteiger partial charge is 0.407 e. The lowest BCUT2D eigenvalue weighted by Crippen LogP contribution is -2.34. The van der Waals surface area contributed by atoms with Crippen LogP contribution in [0, 0.1) is 0 Å². The van der Waals surface area contributed by atoms with Crippen molar-refractivity contribution < 1.29 is 28.6 Å². The predicted molar refractivity (Wildman–Crippen MR) is 121 cm³/mol. The topological polar surface area (TPSA) is 115 Å². The molecule has 3 amide bonds. The zero-order valence-electron chi connectivity index (χ0n) is 18.9. The van der Waals surface area contributed by atoms with E-state index in [0.717, 1.165) is 0 Å². The molecule has 9 heteroatoms. The van der Waals surface area contributed by atoms with Gasteiger partial charge in [0.1, 0.15) is 5.60 Å². The molecule has 0 unspecified atom stereocenters. The van der Waals surface area contributed by atoms with E-state index in [4.69, 9.17) is 14.2 Å². The molecule has 9 nitrogen and oxygen atoms in total. The minimum atomic E-state index is -0.603. The van der Waals surface area contributed by atoms with Crippen molar-refractivity contribution >= 4 is 29.3 Å². The van der Waals surface area contributed by atoms with E-state index >= 15 is 0 Å². The molecule has 3 N–H and O–H groups in total. The number of ether oxygens (including phenoxy) is 3. The summed E-state index contributed by atoms with van der Waals surface area (Å²) in [4.78, 5) is 36.3.